The first kappa shape index (κ1) is 11.1. The van der Waals surface area contributed by atoms with Gasteiger partial charge in [0.2, 0.25) is 0 Å². The lowest BCUT2D eigenvalue weighted by molar-refractivity contribution is -0.115. The Hall–Kier alpha value is -2.01. The van der Waals surface area contributed by atoms with Gasteiger partial charge in [-0.05, 0) is 42.5 Å². The molecule has 18 heavy (non-hydrogen) atoms. The van der Waals surface area contributed by atoms with Crippen LogP contribution in [0.2, 0.25) is 0 Å². The molecule has 0 aliphatic carbocycles. The van der Waals surface area contributed by atoms with Crippen LogP contribution in [0.4, 0.5) is 4.79 Å². The lowest BCUT2D eigenvalue weighted by Gasteiger charge is -1.95. The lowest BCUT2D eigenvalue weighted by Crippen LogP contribution is -2.17. The molecule has 1 aliphatic rings. The number of furan rings is 1. The van der Waals surface area contributed by atoms with E-state index in [1.807, 2.05) is 31.2 Å². The number of carbonyl (C=O) groups excluding carboxylic acids is 2. The molecular formula is C13H9NO3S. The fourth-order valence-corrected chi connectivity index (χ4v) is 2.52. The van der Waals surface area contributed by atoms with Crippen LogP contribution in [0.25, 0.3) is 17.0 Å². The molecule has 0 unspecified atom stereocenters. The zero-order valence-corrected chi connectivity index (χ0v) is 10.3. The molecule has 1 fully saturated rings. The summed E-state index contributed by atoms with van der Waals surface area (Å²) in [7, 11) is 0. The van der Waals surface area contributed by atoms with Crippen LogP contribution in [0.5, 0.6) is 0 Å². The zero-order valence-electron chi connectivity index (χ0n) is 9.52. The molecule has 0 saturated carbocycles. The zero-order chi connectivity index (χ0) is 12.7. The van der Waals surface area contributed by atoms with E-state index in [1.54, 1.807) is 6.08 Å². The van der Waals surface area contributed by atoms with Crippen molar-refractivity contribution in [3.8, 4) is 0 Å². The number of amides is 2. The van der Waals surface area contributed by atoms with Gasteiger partial charge in [-0.25, -0.2) is 0 Å². The molecule has 1 aromatic carbocycles. The largest absolute Gasteiger partial charge is 0.461 e. The van der Waals surface area contributed by atoms with E-state index in [4.69, 9.17) is 4.42 Å². The Bertz CT molecular complexity index is 699. The van der Waals surface area contributed by atoms with Crippen LogP contribution < -0.4 is 5.32 Å². The van der Waals surface area contributed by atoms with Crippen LogP contribution >= 0.6 is 11.8 Å². The highest BCUT2D eigenvalue weighted by Gasteiger charge is 2.24. The van der Waals surface area contributed by atoms with E-state index in [9.17, 15) is 9.59 Å². The fourth-order valence-electron chi connectivity index (χ4n) is 1.84. The Morgan fingerprint density at radius 2 is 2.11 bits per heavy atom. The molecule has 0 radical (unpaired) electrons. The second kappa shape index (κ2) is 4.03. The van der Waals surface area contributed by atoms with Crippen molar-refractivity contribution in [1.29, 1.82) is 0 Å². The maximum atomic E-state index is 11.4. The van der Waals surface area contributed by atoms with Crippen LogP contribution in [0.3, 0.4) is 0 Å². The van der Waals surface area contributed by atoms with Crippen molar-refractivity contribution >= 4 is 40.0 Å². The van der Waals surface area contributed by atoms with Crippen LogP contribution in [-0.2, 0) is 4.79 Å². The minimum absolute atomic E-state index is 0.332. The van der Waals surface area contributed by atoms with Gasteiger partial charge in [-0.1, -0.05) is 12.1 Å². The summed E-state index contributed by atoms with van der Waals surface area (Å²) >= 11 is 0.910. The number of fused-ring (bicyclic) bond motifs is 1. The number of hydrogen-bond acceptors (Lipinski definition) is 4. The van der Waals surface area contributed by atoms with Crippen molar-refractivity contribution in [2.24, 2.45) is 0 Å². The number of imide groups is 1. The molecule has 1 aliphatic heterocycles. The molecule has 1 N–H and O–H groups in total. The molecule has 2 heterocycles. The third-order valence-corrected chi connectivity index (χ3v) is 3.42. The van der Waals surface area contributed by atoms with Gasteiger partial charge in [-0.15, -0.1) is 0 Å². The summed E-state index contributed by atoms with van der Waals surface area (Å²) in [4.78, 5) is 22.9. The monoisotopic (exact) mass is 259 g/mol. The van der Waals surface area contributed by atoms with Crippen molar-refractivity contribution in [3.05, 3.63) is 40.5 Å². The Morgan fingerprint density at radius 1 is 1.28 bits per heavy atom. The quantitative estimate of drug-likeness (QED) is 0.799. The molecule has 4 nitrogen and oxygen atoms in total. The smallest absolute Gasteiger partial charge is 0.290 e. The normalized spacial score (nSPS) is 17.7. The first-order valence-corrected chi connectivity index (χ1v) is 6.18. The minimum Gasteiger partial charge on any atom is -0.461 e. The van der Waals surface area contributed by atoms with Crippen molar-refractivity contribution in [1.82, 2.24) is 5.32 Å². The minimum atomic E-state index is -0.347. The van der Waals surface area contributed by atoms with E-state index >= 15 is 0 Å². The number of hydrogen-bond donors (Lipinski definition) is 1. The third-order valence-electron chi connectivity index (χ3n) is 2.61. The van der Waals surface area contributed by atoms with E-state index in [-0.39, 0.29) is 11.1 Å². The average Bonchev–Trinajstić information content (AvgIpc) is 2.80. The van der Waals surface area contributed by atoms with E-state index in [2.05, 4.69) is 5.32 Å². The molecule has 5 heteroatoms. The summed E-state index contributed by atoms with van der Waals surface area (Å²) in [6.45, 7) is 1.89. The molecule has 0 atom stereocenters. The fraction of sp³-hybridized carbons (Fsp3) is 0.0769. The van der Waals surface area contributed by atoms with Gasteiger partial charge in [-0.2, -0.15) is 0 Å². The number of nitrogens with one attached hydrogen (secondary N) is 1. The summed E-state index contributed by atoms with van der Waals surface area (Å²) in [6.07, 6.45) is 1.68. The maximum Gasteiger partial charge on any atom is 0.290 e. The summed E-state index contributed by atoms with van der Waals surface area (Å²) in [5, 5.41) is 2.91. The van der Waals surface area contributed by atoms with Gasteiger partial charge in [0.05, 0.1) is 4.91 Å². The summed E-state index contributed by atoms with van der Waals surface area (Å²) < 4.78 is 5.52. The number of thioether (sulfide) groups is 1. The van der Waals surface area contributed by atoms with Crippen LogP contribution in [0, 0.1) is 6.92 Å². The molecule has 2 aromatic rings. The molecule has 0 bridgehead atoms. The Kier molecular flexibility index (Phi) is 2.48. The third kappa shape index (κ3) is 1.93. The number of aryl methyl sites for hydroxylation is 1. The van der Waals surface area contributed by atoms with Gasteiger partial charge in [-0.3, -0.25) is 14.9 Å². The van der Waals surface area contributed by atoms with Crippen LogP contribution in [0.1, 0.15) is 11.3 Å². The standard InChI is InChI=1S/C13H9NO3S/c1-7-4-9-3-2-8(5-10(9)17-7)6-11-12(15)14-13(16)18-11/h2-6H,1H3,(H,14,15,16)/b11-6-. The van der Waals surface area contributed by atoms with E-state index in [0.717, 1.165) is 34.1 Å². The molecule has 1 saturated heterocycles. The summed E-state index contributed by atoms with van der Waals surface area (Å²) in [6, 6.07) is 7.62. The molecule has 0 spiro atoms. The molecular weight excluding hydrogens is 250 g/mol. The van der Waals surface area contributed by atoms with Gasteiger partial charge in [0.15, 0.2) is 0 Å². The molecule has 90 valence electrons. The first-order chi connectivity index (χ1) is 8.61. The van der Waals surface area contributed by atoms with Gasteiger partial charge in [0, 0.05) is 5.39 Å². The van der Waals surface area contributed by atoms with Crippen molar-refractivity contribution in [3.63, 3.8) is 0 Å². The van der Waals surface area contributed by atoms with Gasteiger partial charge >= 0.3 is 0 Å². The van der Waals surface area contributed by atoms with Crippen molar-refractivity contribution in [2.75, 3.05) is 0 Å². The summed E-state index contributed by atoms with van der Waals surface area (Å²) in [5.41, 5.74) is 1.61. The summed E-state index contributed by atoms with van der Waals surface area (Å²) in [5.74, 6) is 0.499. The molecule has 1 aromatic heterocycles. The van der Waals surface area contributed by atoms with Gasteiger partial charge < -0.3 is 4.42 Å². The highest BCUT2D eigenvalue weighted by atomic mass is 32.2. The molecule has 2 amide bonds. The predicted octanol–water partition coefficient (Wildman–Crippen LogP) is 3.07. The first-order valence-electron chi connectivity index (χ1n) is 5.37. The second-order valence-electron chi connectivity index (χ2n) is 4.01. The van der Waals surface area contributed by atoms with Crippen LogP contribution in [0.15, 0.2) is 33.6 Å². The average molecular weight is 259 g/mol. The van der Waals surface area contributed by atoms with E-state index in [1.165, 1.54) is 0 Å². The van der Waals surface area contributed by atoms with Crippen molar-refractivity contribution in [2.45, 2.75) is 6.92 Å². The molecule has 3 rings (SSSR count). The Balaban J connectivity index is 2.02. The lowest BCUT2D eigenvalue weighted by atomic mass is 10.1. The number of benzene rings is 1. The van der Waals surface area contributed by atoms with Crippen LogP contribution in [-0.4, -0.2) is 11.1 Å². The maximum absolute atomic E-state index is 11.4. The predicted molar refractivity (Wildman–Crippen MR) is 70.1 cm³/mol. The number of carbonyl (C=O) groups is 2. The Morgan fingerprint density at radius 3 is 2.83 bits per heavy atom. The Labute approximate surface area is 107 Å². The second-order valence-corrected chi connectivity index (χ2v) is 5.02. The van der Waals surface area contributed by atoms with Gasteiger partial charge in [0.25, 0.3) is 11.1 Å². The highest BCUT2D eigenvalue weighted by Crippen LogP contribution is 2.27. The van der Waals surface area contributed by atoms with Crippen molar-refractivity contribution < 1.29 is 14.0 Å². The van der Waals surface area contributed by atoms with Gasteiger partial charge in [0.1, 0.15) is 11.3 Å². The van der Waals surface area contributed by atoms with E-state index in [0.29, 0.717) is 4.91 Å². The number of rotatable bonds is 1. The SMILES string of the molecule is Cc1cc2ccc(/C=C3\SC(=O)NC3=O)cc2o1. The highest BCUT2D eigenvalue weighted by molar-refractivity contribution is 8.18. The topological polar surface area (TPSA) is 59.3 Å². The van der Waals surface area contributed by atoms with E-state index < -0.39 is 0 Å².